The van der Waals surface area contributed by atoms with Gasteiger partial charge in [-0.1, -0.05) is 48.5 Å². The van der Waals surface area contributed by atoms with Gasteiger partial charge < -0.3 is 4.74 Å². The number of carbonyl (C=O) groups is 4. The lowest BCUT2D eigenvalue weighted by molar-refractivity contribution is -0.147. The molecule has 4 rings (SSSR count). The van der Waals surface area contributed by atoms with Gasteiger partial charge in [-0.3, -0.25) is 19.3 Å². The number of benzene rings is 3. The van der Waals surface area contributed by atoms with Crippen LogP contribution in [0.2, 0.25) is 0 Å². The summed E-state index contributed by atoms with van der Waals surface area (Å²) >= 11 is 0. The van der Waals surface area contributed by atoms with E-state index >= 15 is 0 Å². The van der Waals surface area contributed by atoms with Gasteiger partial charge in [0.05, 0.1) is 16.9 Å². The molecule has 1 heterocycles. The molecule has 0 fully saturated rings. The second-order valence-electron chi connectivity index (χ2n) is 8.05. The number of carbonyl (C=O) groups excluding carboxylic acids is 4. The molecule has 1 atom stereocenters. The van der Waals surface area contributed by atoms with Gasteiger partial charge in [-0.15, -0.1) is 0 Å². The minimum atomic E-state index is -3.50. The predicted molar refractivity (Wildman–Crippen MR) is 124 cm³/mol. The highest BCUT2D eigenvalue weighted by atomic mass is 32.2. The molecule has 174 valence electrons. The zero-order chi connectivity index (χ0) is 24.5. The van der Waals surface area contributed by atoms with Crippen LogP contribution >= 0.6 is 0 Å². The number of Topliss-reactive ketones (excluding diaryl/α,β-unsaturated/α-hetero) is 1. The number of ketones is 1. The fourth-order valence-electron chi connectivity index (χ4n) is 3.85. The number of rotatable bonds is 8. The molecule has 0 spiro atoms. The summed E-state index contributed by atoms with van der Waals surface area (Å²) in [6.45, 7) is -0.615. The molecule has 1 aliphatic heterocycles. The molecule has 0 N–H and O–H groups in total. The van der Waals surface area contributed by atoms with E-state index in [0.29, 0.717) is 5.56 Å². The molecule has 0 radical (unpaired) electrons. The van der Waals surface area contributed by atoms with Crippen LogP contribution in [0, 0.1) is 0 Å². The Labute approximate surface area is 196 Å². The molecule has 2 amide bonds. The molecule has 9 heteroatoms. The minimum absolute atomic E-state index is 0.122. The average molecular weight is 480 g/mol. The summed E-state index contributed by atoms with van der Waals surface area (Å²) in [6, 6.07) is 17.1. The van der Waals surface area contributed by atoms with Gasteiger partial charge in [-0.2, -0.15) is 0 Å². The first-order chi connectivity index (χ1) is 16.2. The van der Waals surface area contributed by atoms with Gasteiger partial charge in [-0.05, 0) is 35.4 Å². The van der Waals surface area contributed by atoms with Crippen LogP contribution in [0.1, 0.15) is 37.5 Å². The van der Waals surface area contributed by atoms with Gasteiger partial charge in [0.15, 0.2) is 12.4 Å². The molecule has 0 aliphatic carbocycles. The van der Waals surface area contributed by atoms with Crippen molar-refractivity contribution >= 4 is 44.2 Å². The molecule has 0 saturated carbocycles. The summed E-state index contributed by atoms with van der Waals surface area (Å²) < 4.78 is 28.6. The van der Waals surface area contributed by atoms with Crippen molar-refractivity contribution < 1.29 is 32.3 Å². The van der Waals surface area contributed by atoms with E-state index in [1.165, 1.54) is 12.1 Å². The van der Waals surface area contributed by atoms with E-state index < -0.39 is 51.8 Å². The number of nitrogens with zero attached hydrogens (tertiary/aromatic N) is 1. The quantitative estimate of drug-likeness (QED) is 0.277. The van der Waals surface area contributed by atoms with Crippen molar-refractivity contribution in [2.24, 2.45) is 0 Å². The van der Waals surface area contributed by atoms with Crippen LogP contribution in [-0.2, 0) is 19.4 Å². The maximum atomic E-state index is 12.9. The fourth-order valence-corrected chi connectivity index (χ4v) is 4.50. The topological polar surface area (TPSA) is 115 Å². The summed E-state index contributed by atoms with van der Waals surface area (Å²) in [5, 5.41) is 1.79. The number of hydrogen-bond donors (Lipinski definition) is 0. The Morgan fingerprint density at radius 2 is 1.47 bits per heavy atom. The lowest BCUT2D eigenvalue weighted by Crippen LogP contribution is -2.46. The van der Waals surface area contributed by atoms with Crippen molar-refractivity contribution in [2.75, 3.05) is 18.6 Å². The van der Waals surface area contributed by atoms with Crippen LogP contribution in [0.3, 0.4) is 0 Å². The zero-order valence-corrected chi connectivity index (χ0v) is 19.1. The second-order valence-corrected chi connectivity index (χ2v) is 10.3. The molecule has 0 unspecified atom stereocenters. The third-order valence-electron chi connectivity index (χ3n) is 5.59. The minimum Gasteiger partial charge on any atom is -0.456 e. The first kappa shape index (κ1) is 23.3. The number of amides is 2. The molecule has 3 aromatic rings. The van der Waals surface area contributed by atoms with Crippen molar-refractivity contribution in [1.29, 1.82) is 0 Å². The SMILES string of the molecule is CS(=O)(=O)CC[C@@H](C(=O)OCC(=O)c1ccc2ccccc2c1)N1C(=O)c2ccccc2C1=O. The Morgan fingerprint density at radius 3 is 2.09 bits per heavy atom. The standard InChI is InChI=1S/C25H21NO7S/c1-34(31,32)13-12-21(26-23(28)19-8-4-5-9-20(19)24(26)29)25(30)33-15-22(27)18-11-10-16-6-2-3-7-17(16)14-18/h2-11,14,21H,12-13,15H2,1H3/t21-/m0/s1. The Hall–Kier alpha value is -3.85. The van der Waals surface area contributed by atoms with Crippen molar-refractivity contribution in [3.63, 3.8) is 0 Å². The number of ether oxygens (including phenoxy) is 1. The number of fused-ring (bicyclic) bond motifs is 2. The summed E-state index contributed by atoms with van der Waals surface area (Å²) in [7, 11) is -3.50. The third kappa shape index (κ3) is 4.74. The van der Waals surface area contributed by atoms with E-state index in [1.54, 1.807) is 30.3 Å². The van der Waals surface area contributed by atoms with Crippen molar-refractivity contribution in [1.82, 2.24) is 4.90 Å². The van der Waals surface area contributed by atoms with Gasteiger partial charge in [0.2, 0.25) is 0 Å². The number of sulfone groups is 1. The van der Waals surface area contributed by atoms with Crippen molar-refractivity contribution in [2.45, 2.75) is 12.5 Å². The molecular weight excluding hydrogens is 458 g/mol. The van der Waals surface area contributed by atoms with E-state index in [0.717, 1.165) is 21.9 Å². The van der Waals surface area contributed by atoms with Crippen LogP contribution in [0.15, 0.2) is 66.7 Å². The Morgan fingerprint density at radius 1 is 0.882 bits per heavy atom. The van der Waals surface area contributed by atoms with Crippen molar-refractivity contribution in [3.05, 3.63) is 83.4 Å². The molecule has 0 aromatic heterocycles. The lowest BCUT2D eigenvalue weighted by atomic mass is 10.0. The smallest absolute Gasteiger partial charge is 0.329 e. The first-order valence-corrected chi connectivity index (χ1v) is 12.5. The van der Waals surface area contributed by atoms with Gasteiger partial charge in [0.25, 0.3) is 11.8 Å². The van der Waals surface area contributed by atoms with Crippen LogP contribution < -0.4 is 0 Å². The molecular formula is C25H21NO7S. The fraction of sp³-hybridized carbons (Fsp3) is 0.200. The molecule has 8 nitrogen and oxygen atoms in total. The Bertz CT molecular complexity index is 1390. The largest absolute Gasteiger partial charge is 0.456 e. The monoisotopic (exact) mass is 479 g/mol. The highest BCUT2D eigenvalue weighted by Gasteiger charge is 2.43. The van der Waals surface area contributed by atoms with Crippen LogP contribution in [0.25, 0.3) is 10.8 Å². The van der Waals surface area contributed by atoms with E-state index in [1.807, 2.05) is 24.3 Å². The number of imide groups is 1. The van der Waals surface area contributed by atoms with E-state index in [9.17, 15) is 27.6 Å². The Kier molecular flexibility index (Phi) is 6.30. The summed E-state index contributed by atoms with van der Waals surface area (Å²) in [5.74, 6) is -3.36. The van der Waals surface area contributed by atoms with Gasteiger partial charge in [-0.25, -0.2) is 13.2 Å². The first-order valence-electron chi connectivity index (χ1n) is 10.5. The summed E-state index contributed by atoms with van der Waals surface area (Å²) in [5.41, 5.74) is 0.578. The van der Waals surface area contributed by atoms with Crippen LogP contribution in [0.4, 0.5) is 0 Å². The molecule has 0 saturated heterocycles. The van der Waals surface area contributed by atoms with Crippen molar-refractivity contribution in [3.8, 4) is 0 Å². The molecule has 1 aliphatic rings. The molecule has 34 heavy (non-hydrogen) atoms. The van der Waals surface area contributed by atoms with Gasteiger partial charge in [0, 0.05) is 11.8 Å². The Balaban J connectivity index is 1.53. The second kappa shape index (κ2) is 9.18. The van der Waals surface area contributed by atoms with E-state index in [-0.39, 0.29) is 17.5 Å². The van der Waals surface area contributed by atoms with Gasteiger partial charge in [0.1, 0.15) is 15.9 Å². The van der Waals surface area contributed by atoms with Crippen LogP contribution in [-0.4, -0.2) is 61.5 Å². The number of hydrogen-bond acceptors (Lipinski definition) is 7. The lowest BCUT2D eigenvalue weighted by Gasteiger charge is -2.24. The highest BCUT2D eigenvalue weighted by molar-refractivity contribution is 7.90. The van der Waals surface area contributed by atoms with E-state index in [2.05, 4.69) is 0 Å². The predicted octanol–water partition coefficient (Wildman–Crippen LogP) is 2.67. The zero-order valence-electron chi connectivity index (χ0n) is 18.3. The third-order valence-corrected chi connectivity index (χ3v) is 6.57. The number of esters is 1. The molecule has 3 aromatic carbocycles. The average Bonchev–Trinajstić information content (AvgIpc) is 3.07. The van der Waals surface area contributed by atoms with Gasteiger partial charge >= 0.3 is 5.97 Å². The maximum absolute atomic E-state index is 12.9. The summed E-state index contributed by atoms with van der Waals surface area (Å²) in [4.78, 5) is 52.0. The van der Waals surface area contributed by atoms with Crippen LogP contribution in [0.5, 0.6) is 0 Å². The maximum Gasteiger partial charge on any atom is 0.329 e. The molecule has 0 bridgehead atoms. The highest BCUT2D eigenvalue weighted by Crippen LogP contribution is 2.26. The normalized spacial score (nSPS) is 14.2. The van der Waals surface area contributed by atoms with E-state index in [4.69, 9.17) is 4.74 Å². The summed E-state index contributed by atoms with van der Waals surface area (Å²) in [6.07, 6.45) is 0.647.